The van der Waals surface area contributed by atoms with E-state index in [2.05, 4.69) is 184 Å². The zero-order valence-electron chi connectivity index (χ0n) is 66.2. The van der Waals surface area contributed by atoms with Gasteiger partial charge in [0.25, 0.3) is 0 Å². The Hall–Kier alpha value is -5.35. The maximum absolute atomic E-state index is 11.3. The Morgan fingerprint density at radius 1 is 0.427 bits per heavy atom. The molecule has 618 valence electrons. The number of amides is 10. The summed E-state index contributed by atoms with van der Waals surface area (Å²) in [5, 5.41) is 99.0. The third-order valence-corrected chi connectivity index (χ3v) is 27.8. The molecule has 10 amide bonds. The lowest BCUT2D eigenvalue weighted by atomic mass is 9.87. The quantitative estimate of drug-likeness (QED) is 0.0683. The second-order valence-electron chi connectivity index (χ2n) is 33.5. The molecule has 11 rings (SSSR count). The number of methoxy groups -OCH3 is 2. The summed E-state index contributed by atoms with van der Waals surface area (Å²) in [5.41, 5.74) is 2.36. The van der Waals surface area contributed by atoms with Crippen LogP contribution in [0.5, 0.6) is 0 Å². The highest BCUT2D eigenvalue weighted by molar-refractivity contribution is 7.73. The van der Waals surface area contributed by atoms with Gasteiger partial charge in [-0.25, -0.2) is 24.0 Å². The number of nitrogens with one attached hydrogen (secondary N) is 10. The minimum absolute atomic E-state index is 0.303. The van der Waals surface area contributed by atoms with Gasteiger partial charge in [0, 0.05) is 102 Å². The Labute approximate surface area is 648 Å². The monoisotopic (exact) mass is 1640 g/mol. The van der Waals surface area contributed by atoms with E-state index in [9.17, 15) is 59.7 Å². The summed E-state index contributed by atoms with van der Waals surface area (Å²) in [6, 6.07) is -1.75. The Morgan fingerprint density at radius 2 is 0.755 bits per heavy atom. The molecule has 2 bridgehead atoms. The standard InChI is InChI=1S/C15H23N2O4P.4C15H25N2O4P/c1-9-10(7-16-14(19)17-9)11-12-13(18)15(21-11,8-20-12)5-6-22(2,3)4;1-9-10(8-16-14(20)17-9)12-11(18)13(19)15(2,21-12)6-7-22(3,4)5;1-9-10(8-16-14(19)17-9)13-15(2,20)12(18)11(21-13)6-7-22(3,4)5;2*1-9-10(8-16-15(19)17-9)13-14(20-2)12(18)11(21-13)6-7-22(3,4)5/h7,11-13,18H,1-2,5-6,8H2,3-4H3,(H2,16,17,19);8,11-13,18-19H,1,3,6-7H2,2,4-5H3,(H2,16,17,20);8,11-13,18,20H,1,3,6-7H2,2,4-5H3,(H2,16,17,19);2*8,11-14,18H,1,3,6-7H2,2,4-5H3,(H2,16,17,19)/t11-,12-,13-,15-;11-,12-,13-,15+;11-,12-,13+,15-;2*11-,12-,13+,14-/m00111/s1. The van der Waals surface area contributed by atoms with Crippen molar-refractivity contribution in [3.63, 3.8) is 0 Å². The van der Waals surface area contributed by atoms with Gasteiger partial charge >= 0.3 is 30.2 Å². The predicted molar refractivity (Wildman–Crippen MR) is 446 cm³/mol. The first kappa shape index (κ1) is 91.8. The molecule has 11 aliphatic rings. The minimum Gasteiger partial charge on any atom is -0.388 e. The fourth-order valence-corrected chi connectivity index (χ4v) is 18.8. The summed E-state index contributed by atoms with van der Waals surface area (Å²) in [4.78, 5) is 56.3. The van der Waals surface area contributed by atoms with Gasteiger partial charge in [0.05, 0.1) is 30.5 Å². The maximum Gasteiger partial charge on any atom is 0.323 e. The molecule has 0 spiro atoms. The third-order valence-electron chi connectivity index (χ3n) is 20.5. The number of aliphatic hydroxyl groups excluding tert-OH is 6. The smallest absolute Gasteiger partial charge is 0.323 e. The summed E-state index contributed by atoms with van der Waals surface area (Å²) >= 11 is 0. The molecule has 0 aliphatic carbocycles. The minimum atomic E-state index is -1.45. The molecule has 0 aromatic rings. The number of fused-ring (bicyclic) bond motifs is 2. The van der Waals surface area contributed by atoms with Gasteiger partial charge in [-0.3, -0.25) is 0 Å². The van der Waals surface area contributed by atoms with E-state index in [1.165, 1.54) is 19.3 Å². The SMILES string of the molecule is C=C1NC(=O)NC=C1[C@@H]1O[C@@]2(CCP(=C)(C)C)CO[C@@H]1[C@@H]2O.C=C1NC(=O)NC=C1[C@@H]1O[C@H](CCP(=C)(C)C)[C@@H](O)[C@@]1(C)O.C=C1NC(=O)NC=C1[C@@H]1O[C@H](CCP(=C)(C)C)[C@@H](O)[C@H]1OC.C=C1NC(=O)NC=C1[C@@H]1O[C@H](CCP(=C)(C)C)[C@@H](O)[C@H]1OC.C=C1NC(=O)NC=C1[C@@H]1O[C@](C)(CCP(=C)(C)C)[C@@H](O)[C@H]1O. The van der Waals surface area contributed by atoms with Gasteiger partial charge in [0.1, 0.15) is 96.7 Å². The van der Waals surface area contributed by atoms with Crippen LogP contribution < -0.4 is 53.2 Å². The number of hydrogen-bond acceptors (Lipinski definition) is 20. The summed E-state index contributed by atoms with van der Waals surface area (Å²) < 4.78 is 46.7. The van der Waals surface area contributed by atoms with Crippen LogP contribution in [0.1, 0.15) is 46.0 Å². The topological polar surface area (TPSA) is 421 Å². The Morgan fingerprint density at radius 3 is 1.10 bits per heavy atom. The van der Waals surface area contributed by atoms with Gasteiger partial charge in [-0.05, 0) is 143 Å². The molecular formula is C75H123N10O20P5. The van der Waals surface area contributed by atoms with Gasteiger partial charge in [0.15, 0.2) is 0 Å². The van der Waals surface area contributed by atoms with Crippen molar-refractivity contribution in [1.29, 1.82) is 0 Å². The number of aliphatic hydroxyl groups is 7. The number of carbonyl (C=O) groups is 5. The molecule has 0 radical (unpaired) electrons. The molecular weight excluding hydrogens is 1520 g/mol. The van der Waals surface area contributed by atoms with E-state index in [1.807, 2.05) is 0 Å². The average molecular weight is 1640 g/mol. The van der Waals surface area contributed by atoms with E-state index in [4.69, 9.17) is 37.9 Å². The lowest BCUT2D eigenvalue weighted by molar-refractivity contribution is -0.132. The molecule has 6 fully saturated rings. The summed E-state index contributed by atoms with van der Waals surface area (Å²) in [6.45, 7) is 38.2. The molecule has 20 atom stereocenters. The predicted octanol–water partition coefficient (Wildman–Crippen LogP) is 3.92. The Bertz CT molecular complexity index is 3730. The molecule has 0 aromatic heterocycles. The molecule has 110 heavy (non-hydrogen) atoms. The van der Waals surface area contributed by atoms with Crippen molar-refractivity contribution in [3.05, 3.63) is 120 Å². The summed E-state index contributed by atoms with van der Waals surface area (Å²) in [7, 11) is 3.09. The number of ether oxygens (including phenoxy) is 8. The van der Waals surface area contributed by atoms with Crippen LogP contribution in [0.2, 0.25) is 0 Å². The number of hydrogen-bond donors (Lipinski definition) is 17. The molecule has 30 nitrogen and oxygen atoms in total. The van der Waals surface area contributed by atoms with Crippen molar-refractivity contribution in [2.45, 2.75) is 167 Å². The van der Waals surface area contributed by atoms with E-state index in [0.29, 0.717) is 75.8 Å². The van der Waals surface area contributed by atoms with Crippen molar-refractivity contribution in [2.24, 2.45) is 0 Å². The zero-order chi connectivity index (χ0) is 82.5. The van der Waals surface area contributed by atoms with Gasteiger partial charge in [-0.2, -0.15) is 0 Å². The van der Waals surface area contributed by atoms with Crippen molar-refractivity contribution in [2.75, 3.05) is 118 Å². The van der Waals surface area contributed by atoms with Crippen LogP contribution in [0.25, 0.3) is 0 Å². The van der Waals surface area contributed by atoms with E-state index in [-0.39, 0.29) is 42.4 Å². The van der Waals surface area contributed by atoms with E-state index in [1.54, 1.807) is 39.7 Å². The molecule has 0 saturated carbocycles. The Kier molecular flexibility index (Phi) is 30.6. The summed E-state index contributed by atoms with van der Waals surface area (Å²) in [5.74, 6) is 0. The van der Waals surface area contributed by atoms with E-state index >= 15 is 0 Å². The normalized spacial score (nSPS) is 34.9. The lowest BCUT2D eigenvalue weighted by Crippen LogP contribution is -2.49. The second-order valence-corrected chi connectivity index (χ2v) is 55.0. The van der Waals surface area contributed by atoms with Crippen LogP contribution in [0, 0.1) is 0 Å². The van der Waals surface area contributed by atoms with Crippen LogP contribution in [-0.2, 0) is 37.9 Å². The first-order valence-electron chi connectivity index (χ1n) is 36.2. The van der Waals surface area contributed by atoms with Gasteiger partial charge < -0.3 is 127 Å². The third kappa shape index (κ3) is 23.7. The fraction of sp³-hybridized carbons (Fsp3) is 0.600. The molecule has 11 aliphatic heterocycles. The van der Waals surface area contributed by atoms with Crippen molar-refractivity contribution in [3.8, 4) is 0 Å². The molecule has 6 saturated heterocycles. The van der Waals surface area contributed by atoms with Crippen LogP contribution in [0.3, 0.4) is 0 Å². The number of carbonyl (C=O) groups excluding carboxylic acids is 5. The number of rotatable bonds is 22. The van der Waals surface area contributed by atoms with E-state index < -0.39 is 143 Å². The molecule has 35 heteroatoms. The molecule has 0 aromatic carbocycles. The second kappa shape index (κ2) is 36.6. The number of urea groups is 5. The highest BCUT2D eigenvalue weighted by Crippen LogP contribution is 2.50. The van der Waals surface area contributed by atoms with Crippen LogP contribution in [0.4, 0.5) is 24.0 Å². The highest BCUT2D eigenvalue weighted by atomic mass is 31.2. The first-order chi connectivity index (χ1) is 50.7. The zero-order valence-corrected chi connectivity index (χ0v) is 70.7. The Balaban J connectivity index is 0.000000191. The maximum atomic E-state index is 11.3. The highest BCUT2D eigenvalue weighted by Gasteiger charge is 2.62. The van der Waals surface area contributed by atoms with Crippen LogP contribution in [0.15, 0.2) is 120 Å². The fourth-order valence-electron chi connectivity index (χ4n) is 13.9. The average Bonchev–Trinajstić information content (AvgIpc) is 1.57. The molecule has 11 heterocycles. The largest absolute Gasteiger partial charge is 0.388 e. The van der Waals surface area contributed by atoms with Gasteiger partial charge in [0.2, 0.25) is 0 Å². The van der Waals surface area contributed by atoms with Crippen molar-refractivity contribution < 1.29 is 97.6 Å². The molecule has 0 unspecified atom stereocenters. The van der Waals surface area contributed by atoms with Crippen LogP contribution >= 0.6 is 34.4 Å². The van der Waals surface area contributed by atoms with Crippen LogP contribution in [-0.4, -0.2) is 336 Å². The van der Waals surface area contributed by atoms with Crippen molar-refractivity contribution in [1.82, 2.24) is 53.2 Å². The summed E-state index contributed by atoms with van der Waals surface area (Å²) in [6.07, 6.45) is 26.0. The molecule has 17 N–H and O–H groups in total. The van der Waals surface area contributed by atoms with E-state index in [0.717, 1.165) is 50.1 Å². The van der Waals surface area contributed by atoms with Gasteiger partial charge in [-0.1, -0.05) is 32.9 Å². The first-order valence-corrected chi connectivity index (χ1v) is 51.5. The lowest BCUT2D eigenvalue weighted by Gasteiger charge is -2.34. The van der Waals surface area contributed by atoms with Gasteiger partial charge in [-0.15, -0.1) is 65.9 Å². The van der Waals surface area contributed by atoms with Crippen molar-refractivity contribution >= 4 is 96.1 Å².